The van der Waals surface area contributed by atoms with Gasteiger partial charge in [0.05, 0.1) is 32.0 Å². The molecule has 1 spiro atoms. The van der Waals surface area contributed by atoms with E-state index in [1.165, 1.54) is 0 Å². The number of hydrogen-bond donors (Lipinski definition) is 3. The molecule has 5 aromatic rings. The molecule has 3 saturated heterocycles. The van der Waals surface area contributed by atoms with Gasteiger partial charge >= 0.3 is 6.03 Å². The Hall–Kier alpha value is -5.07. The molecule has 10 heteroatoms. The van der Waals surface area contributed by atoms with E-state index < -0.39 is 12.1 Å². The van der Waals surface area contributed by atoms with Gasteiger partial charge in [0.25, 0.3) is 0 Å². The Morgan fingerprint density at radius 1 is 0.768 bits per heavy atom. The monoisotopic (exact) mass is 755 g/mol. The smallest absolute Gasteiger partial charge is 0.319 e. The third kappa shape index (κ3) is 9.13. The third-order valence-corrected chi connectivity index (χ3v) is 11.0. The summed E-state index contributed by atoms with van der Waals surface area (Å²) in [6.07, 6.45) is 0.911. The van der Waals surface area contributed by atoms with Crippen molar-refractivity contribution in [3.8, 4) is 22.6 Å². The molecule has 8 rings (SSSR count). The van der Waals surface area contributed by atoms with Crippen molar-refractivity contribution in [2.75, 3.05) is 38.2 Å². The maximum atomic E-state index is 12.8. The van der Waals surface area contributed by atoms with E-state index >= 15 is 0 Å². The van der Waals surface area contributed by atoms with Gasteiger partial charge in [0, 0.05) is 56.2 Å². The number of anilines is 1. The number of amides is 2. The lowest BCUT2D eigenvalue weighted by Crippen LogP contribution is -2.50. The second kappa shape index (κ2) is 17.4. The largest absolute Gasteiger partial charge is 0.457 e. The topological polar surface area (TPSA) is 111 Å². The van der Waals surface area contributed by atoms with Crippen LogP contribution in [0, 0.1) is 5.92 Å². The fraction of sp³-hybridized carbons (Fsp3) is 0.326. The Bertz CT molecular complexity index is 2030. The number of likely N-dealkylation sites (tertiary alicyclic amines) is 1. The van der Waals surface area contributed by atoms with Gasteiger partial charge in [0.2, 0.25) is 0 Å². The van der Waals surface area contributed by atoms with Crippen LogP contribution in [0.4, 0.5) is 10.5 Å². The quantitative estimate of drug-likeness (QED) is 0.123. The van der Waals surface area contributed by atoms with Gasteiger partial charge in [-0.05, 0) is 70.3 Å². The molecular weight excluding hydrogens is 707 g/mol. The van der Waals surface area contributed by atoms with Gasteiger partial charge < -0.3 is 44.3 Å². The zero-order valence-electron chi connectivity index (χ0n) is 31.6. The molecule has 0 bridgehead atoms. The fourth-order valence-corrected chi connectivity index (χ4v) is 7.73. The van der Waals surface area contributed by atoms with Crippen molar-refractivity contribution in [2.45, 2.75) is 57.2 Å². The molecule has 0 saturated carbocycles. The first-order valence-electron chi connectivity index (χ1n) is 19.5. The number of carbonyl (C=O) groups is 1. The van der Waals surface area contributed by atoms with Crippen LogP contribution >= 0.6 is 0 Å². The molecular formula is C46H49N3O7. The number of aliphatic hydroxyl groups is 1. The number of nitrogens with zero attached hydrogens (tertiary/aromatic N) is 1. The van der Waals surface area contributed by atoms with Gasteiger partial charge in [-0.2, -0.15) is 0 Å². The molecule has 290 valence electrons. The SMILES string of the molecule is C[C@@H]1[C@H](CN2CCC3(CC2)OCCO3)O[C@H](c2ccc(-c3cccc(CNC(=O)Nc4ccc(Oc5ccccc5)cc4)c3)cc2)O[C@@H]1c1ccc(CO)cc1. The molecule has 0 unspecified atom stereocenters. The average Bonchev–Trinajstić information content (AvgIpc) is 3.71. The molecule has 3 aliphatic heterocycles. The molecule has 0 radical (unpaired) electrons. The van der Waals surface area contributed by atoms with Gasteiger partial charge in [-0.15, -0.1) is 0 Å². The van der Waals surface area contributed by atoms with Crippen molar-refractivity contribution >= 4 is 11.7 Å². The first-order valence-corrected chi connectivity index (χ1v) is 19.5. The molecule has 0 aromatic heterocycles. The van der Waals surface area contributed by atoms with E-state index in [4.69, 9.17) is 23.7 Å². The van der Waals surface area contributed by atoms with Gasteiger partial charge in [0.15, 0.2) is 12.1 Å². The summed E-state index contributed by atoms with van der Waals surface area (Å²) in [5.41, 5.74) is 6.63. The lowest BCUT2D eigenvalue weighted by atomic mass is 9.89. The highest BCUT2D eigenvalue weighted by Crippen LogP contribution is 2.43. The van der Waals surface area contributed by atoms with Crippen molar-refractivity contribution in [1.82, 2.24) is 10.2 Å². The van der Waals surface area contributed by atoms with Crippen molar-refractivity contribution in [2.24, 2.45) is 5.92 Å². The van der Waals surface area contributed by atoms with Crippen molar-refractivity contribution in [3.63, 3.8) is 0 Å². The summed E-state index contributed by atoms with van der Waals surface area (Å²) in [6, 6.07) is 41.1. The number of benzene rings is 5. The summed E-state index contributed by atoms with van der Waals surface area (Å²) in [7, 11) is 0. The number of nitrogens with one attached hydrogen (secondary N) is 2. The van der Waals surface area contributed by atoms with E-state index in [1.807, 2.05) is 78.9 Å². The zero-order valence-corrected chi connectivity index (χ0v) is 31.6. The lowest BCUT2D eigenvalue weighted by Gasteiger charge is -2.44. The molecule has 3 N–H and O–H groups in total. The highest BCUT2D eigenvalue weighted by molar-refractivity contribution is 5.89. The molecule has 2 amide bonds. The number of hydrogen-bond acceptors (Lipinski definition) is 8. The van der Waals surface area contributed by atoms with Crippen LogP contribution in [0.1, 0.15) is 54.4 Å². The summed E-state index contributed by atoms with van der Waals surface area (Å²) >= 11 is 0. The van der Waals surface area contributed by atoms with Crippen LogP contribution in [0.5, 0.6) is 11.5 Å². The zero-order chi connectivity index (χ0) is 38.3. The van der Waals surface area contributed by atoms with Crippen molar-refractivity contribution in [3.05, 3.63) is 150 Å². The summed E-state index contributed by atoms with van der Waals surface area (Å²) in [5, 5.41) is 15.5. The van der Waals surface area contributed by atoms with Crippen molar-refractivity contribution < 1.29 is 33.6 Å². The molecule has 56 heavy (non-hydrogen) atoms. The van der Waals surface area contributed by atoms with Gasteiger partial charge in [-0.1, -0.05) is 91.9 Å². The van der Waals surface area contributed by atoms with E-state index in [0.29, 0.717) is 31.2 Å². The number of ether oxygens (including phenoxy) is 5. The molecule has 4 atom stereocenters. The van der Waals surface area contributed by atoms with Crippen molar-refractivity contribution in [1.29, 1.82) is 0 Å². The van der Waals surface area contributed by atoms with E-state index in [1.54, 1.807) is 0 Å². The predicted octanol–water partition coefficient (Wildman–Crippen LogP) is 8.59. The average molecular weight is 756 g/mol. The maximum Gasteiger partial charge on any atom is 0.319 e. The molecule has 10 nitrogen and oxygen atoms in total. The Morgan fingerprint density at radius 2 is 1.46 bits per heavy atom. The molecule has 3 heterocycles. The standard InChI is InChI=1S/C46H49N3O7/c1-32-42(30-49-24-22-46(23-25-49)52-26-27-53-46)55-44(56-43(32)36-12-10-33(31-50)11-13-36)37-16-14-35(15-17-37)38-7-5-6-34(28-38)29-47-45(51)48-39-18-20-41(21-19-39)54-40-8-3-2-4-9-40/h2-21,28,32,42-44,50H,22-27,29-31H2,1H3,(H2,47,48,51)/t32-,42+,43+,44+/m1/s1. The van der Waals surface area contributed by atoms with Crippen LogP contribution in [-0.4, -0.2) is 60.8 Å². The highest BCUT2D eigenvalue weighted by atomic mass is 16.7. The van der Waals surface area contributed by atoms with E-state index in [2.05, 4.69) is 71.0 Å². The van der Waals surface area contributed by atoms with E-state index in [0.717, 1.165) is 71.6 Å². The Morgan fingerprint density at radius 3 is 2.18 bits per heavy atom. The first kappa shape index (κ1) is 37.8. The number of rotatable bonds is 11. The molecule has 3 aliphatic rings. The van der Waals surface area contributed by atoms with Crippen LogP contribution < -0.4 is 15.4 Å². The minimum Gasteiger partial charge on any atom is -0.457 e. The first-order chi connectivity index (χ1) is 27.4. The summed E-state index contributed by atoms with van der Waals surface area (Å²) < 4.78 is 31.3. The van der Waals surface area contributed by atoms with Crippen LogP contribution in [0.3, 0.4) is 0 Å². The Kier molecular flexibility index (Phi) is 11.7. The summed E-state index contributed by atoms with van der Waals surface area (Å²) in [4.78, 5) is 15.2. The normalized spacial score (nSPS) is 22.1. The highest BCUT2D eigenvalue weighted by Gasteiger charge is 2.43. The van der Waals surface area contributed by atoms with Gasteiger partial charge in [-0.3, -0.25) is 0 Å². The maximum absolute atomic E-state index is 12.8. The second-order valence-corrected chi connectivity index (χ2v) is 14.8. The van der Waals surface area contributed by atoms with E-state index in [9.17, 15) is 9.90 Å². The minimum atomic E-state index is -0.549. The van der Waals surface area contributed by atoms with Crippen LogP contribution in [0.25, 0.3) is 11.1 Å². The lowest BCUT2D eigenvalue weighted by molar-refractivity contribution is -0.278. The summed E-state index contributed by atoms with van der Waals surface area (Å²) in [6.45, 7) is 6.48. The number of carbonyl (C=O) groups excluding carboxylic acids is 1. The minimum absolute atomic E-state index is 0.00229. The van der Waals surface area contributed by atoms with E-state index in [-0.39, 0.29) is 30.8 Å². The number of aliphatic hydroxyl groups excluding tert-OH is 1. The second-order valence-electron chi connectivity index (χ2n) is 14.8. The van der Waals surface area contributed by atoms with Crippen LogP contribution in [0.15, 0.2) is 127 Å². The van der Waals surface area contributed by atoms with Crippen LogP contribution in [0.2, 0.25) is 0 Å². The Balaban J connectivity index is 0.900. The summed E-state index contributed by atoms with van der Waals surface area (Å²) in [5.74, 6) is 1.12. The number of para-hydroxylation sites is 1. The fourth-order valence-electron chi connectivity index (χ4n) is 7.73. The molecule has 5 aromatic carbocycles. The third-order valence-electron chi connectivity index (χ3n) is 11.0. The van der Waals surface area contributed by atoms with Gasteiger partial charge in [0.1, 0.15) is 11.5 Å². The molecule has 3 fully saturated rings. The van der Waals surface area contributed by atoms with Crippen LogP contribution in [-0.2, 0) is 32.1 Å². The number of piperidine rings is 1. The van der Waals surface area contributed by atoms with Gasteiger partial charge in [-0.25, -0.2) is 4.79 Å². The predicted molar refractivity (Wildman–Crippen MR) is 214 cm³/mol. The Labute approximate surface area is 328 Å². The molecule has 0 aliphatic carbocycles. The number of urea groups is 1.